The number of halogens is 1. The summed E-state index contributed by atoms with van der Waals surface area (Å²) >= 11 is 3.63. The minimum Gasteiger partial charge on any atom is -0.371 e. The number of hydrogen-bond acceptors (Lipinski definition) is 2. The fraction of sp³-hybridized carbons (Fsp3) is 0.538. The highest BCUT2D eigenvalue weighted by Crippen LogP contribution is 2.28. The highest BCUT2D eigenvalue weighted by Gasteiger charge is 2.11. The third-order valence-electron chi connectivity index (χ3n) is 3.08. The predicted octanol–water partition coefficient (Wildman–Crippen LogP) is 3.19. The van der Waals surface area contributed by atoms with Gasteiger partial charge in [-0.3, -0.25) is 0 Å². The first-order valence-corrected chi connectivity index (χ1v) is 6.60. The number of anilines is 1. The lowest BCUT2D eigenvalue weighted by Crippen LogP contribution is -2.28. The summed E-state index contributed by atoms with van der Waals surface area (Å²) in [6.45, 7) is 5.14. The van der Waals surface area contributed by atoms with Crippen LogP contribution in [-0.4, -0.2) is 19.6 Å². The molecule has 1 rings (SSSR count). The van der Waals surface area contributed by atoms with Crippen molar-refractivity contribution in [2.45, 2.75) is 32.7 Å². The molecule has 0 radical (unpaired) electrons. The van der Waals surface area contributed by atoms with Gasteiger partial charge < -0.3 is 10.6 Å². The largest absolute Gasteiger partial charge is 0.371 e. The molecule has 0 aliphatic carbocycles. The summed E-state index contributed by atoms with van der Waals surface area (Å²) in [7, 11) is 2.14. The van der Waals surface area contributed by atoms with E-state index in [1.54, 1.807) is 0 Å². The van der Waals surface area contributed by atoms with Crippen LogP contribution < -0.4 is 10.6 Å². The lowest BCUT2D eigenvalue weighted by atomic mass is 10.1. The molecule has 0 saturated carbocycles. The average Bonchev–Trinajstić information content (AvgIpc) is 2.28. The second-order valence-corrected chi connectivity index (χ2v) is 5.05. The van der Waals surface area contributed by atoms with Gasteiger partial charge in [-0.1, -0.05) is 13.0 Å². The Bertz CT molecular complexity index is 339. The Morgan fingerprint density at radius 2 is 2.12 bits per heavy atom. The van der Waals surface area contributed by atoms with E-state index in [-0.39, 0.29) is 0 Å². The van der Waals surface area contributed by atoms with E-state index in [2.05, 4.69) is 59.9 Å². The summed E-state index contributed by atoms with van der Waals surface area (Å²) in [5.41, 5.74) is 8.09. The molecule has 16 heavy (non-hydrogen) atoms. The average molecular weight is 285 g/mol. The van der Waals surface area contributed by atoms with Crippen LogP contribution in [0.1, 0.15) is 25.8 Å². The first-order chi connectivity index (χ1) is 7.60. The van der Waals surface area contributed by atoms with Gasteiger partial charge in [0.25, 0.3) is 0 Å². The molecule has 1 atom stereocenters. The van der Waals surface area contributed by atoms with Crippen molar-refractivity contribution in [3.63, 3.8) is 0 Å². The Hall–Kier alpha value is -0.540. The molecule has 3 heteroatoms. The molecule has 0 aliphatic rings. The molecule has 2 N–H and O–H groups in total. The van der Waals surface area contributed by atoms with E-state index in [1.807, 2.05) is 0 Å². The van der Waals surface area contributed by atoms with E-state index in [1.165, 1.54) is 11.3 Å². The van der Waals surface area contributed by atoms with Crippen molar-refractivity contribution in [3.8, 4) is 0 Å². The Morgan fingerprint density at radius 1 is 1.44 bits per heavy atom. The van der Waals surface area contributed by atoms with Crippen LogP contribution in [0.4, 0.5) is 5.69 Å². The standard InChI is InChI=1S/C13H21BrN2/c1-4-10(2)16(3)13-6-5-11(7-8-15)9-12(13)14/h5-6,9-10H,4,7-8,15H2,1-3H3. The van der Waals surface area contributed by atoms with Crippen molar-refractivity contribution in [2.24, 2.45) is 5.73 Å². The quantitative estimate of drug-likeness (QED) is 0.900. The van der Waals surface area contributed by atoms with E-state index in [0.717, 1.165) is 17.3 Å². The van der Waals surface area contributed by atoms with Crippen molar-refractivity contribution >= 4 is 21.6 Å². The highest BCUT2D eigenvalue weighted by atomic mass is 79.9. The molecule has 2 nitrogen and oxygen atoms in total. The SMILES string of the molecule is CCC(C)N(C)c1ccc(CCN)cc1Br. The minimum atomic E-state index is 0.552. The Kier molecular flexibility index (Phi) is 5.29. The molecular weight excluding hydrogens is 264 g/mol. The predicted molar refractivity (Wildman–Crippen MR) is 75.1 cm³/mol. The third kappa shape index (κ3) is 3.22. The van der Waals surface area contributed by atoms with Crippen molar-refractivity contribution in [3.05, 3.63) is 28.2 Å². The summed E-state index contributed by atoms with van der Waals surface area (Å²) < 4.78 is 1.15. The lowest BCUT2D eigenvalue weighted by Gasteiger charge is -2.27. The molecular formula is C13H21BrN2. The summed E-state index contributed by atoms with van der Waals surface area (Å²) in [4.78, 5) is 2.30. The van der Waals surface area contributed by atoms with Gasteiger partial charge in [0.1, 0.15) is 0 Å². The first-order valence-electron chi connectivity index (χ1n) is 5.81. The minimum absolute atomic E-state index is 0.552. The maximum Gasteiger partial charge on any atom is 0.0510 e. The molecule has 1 unspecified atom stereocenters. The van der Waals surface area contributed by atoms with E-state index >= 15 is 0 Å². The normalized spacial score (nSPS) is 12.6. The van der Waals surface area contributed by atoms with Crippen LogP contribution in [0.25, 0.3) is 0 Å². The lowest BCUT2D eigenvalue weighted by molar-refractivity contribution is 0.663. The molecule has 0 aromatic heterocycles. The molecule has 0 fully saturated rings. The Morgan fingerprint density at radius 3 is 2.62 bits per heavy atom. The van der Waals surface area contributed by atoms with Crippen molar-refractivity contribution < 1.29 is 0 Å². The number of hydrogen-bond donors (Lipinski definition) is 1. The molecule has 0 bridgehead atoms. The van der Waals surface area contributed by atoms with Crippen LogP contribution in [0.3, 0.4) is 0 Å². The molecule has 90 valence electrons. The first kappa shape index (κ1) is 13.5. The maximum atomic E-state index is 5.55. The molecule has 0 spiro atoms. The summed E-state index contributed by atoms with van der Waals surface area (Å²) in [6.07, 6.45) is 2.08. The van der Waals surface area contributed by atoms with Crippen LogP contribution in [-0.2, 0) is 6.42 Å². The summed E-state index contributed by atoms with van der Waals surface area (Å²) in [6, 6.07) is 7.05. The van der Waals surface area contributed by atoms with Gasteiger partial charge in [0, 0.05) is 17.6 Å². The van der Waals surface area contributed by atoms with Crippen molar-refractivity contribution in [1.82, 2.24) is 0 Å². The van der Waals surface area contributed by atoms with Gasteiger partial charge in [-0.05, 0) is 59.9 Å². The zero-order valence-corrected chi connectivity index (χ0v) is 11.9. The number of rotatable bonds is 5. The third-order valence-corrected chi connectivity index (χ3v) is 3.71. The molecule has 0 aliphatic heterocycles. The van der Waals surface area contributed by atoms with Gasteiger partial charge in [-0.15, -0.1) is 0 Å². The topological polar surface area (TPSA) is 29.3 Å². The number of benzene rings is 1. The summed E-state index contributed by atoms with van der Waals surface area (Å²) in [5, 5.41) is 0. The van der Waals surface area contributed by atoms with E-state index in [4.69, 9.17) is 5.73 Å². The monoisotopic (exact) mass is 284 g/mol. The van der Waals surface area contributed by atoms with Crippen LogP contribution >= 0.6 is 15.9 Å². The Labute approximate surface area is 107 Å². The Balaban J connectivity index is 2.89. The number of nitrogens with two attached hydrogens (primary N) is 1. The van der Waals surface area contributed by atoms with Crippen LogP contribution in [0.5, 0.6) is 0 Å². The molecule has 0 saturated heterocycles. The zero-order valence-electron chi connectivity index (χ0n) is 10.3. The van der Waals surface area contributed by atoms with Gasteiger partial charge in [-0.25, -0.2) is 0 Å². The maximum absolute atomic E-state index is 5.55. The second kappa shape index (κ2) is 6.26. The second-order valence-electron chi connectivity index (χ2n) is 4.19. The number of nitrogens with zero attached hydrogens (tertiary/aromatic N) is 1. The molecule has 0 heterocycles. The fourth-order valence-electron chi connectivity index (χ4n) is 1.67. The van der Waals surface area contributed by atoms with Gasteiger partial charge in [0.15, 0.2) is 0 Å². The van der Waals surface area contributed by atoms with Gasteiger partial charge in [0.05, 0.1) is 5.69 Å². The van der Waals surface area contributed by atoms with Crippen LogP contribution in [0.15, 0.2) is 22.7 Å². The van der Waals surface area contributed by atoms with E-state index in [0.29, 0.717) is 12.6 Å². The van der Waals surface area contributed by atoms with Crippen LogP contribution in [0.2, 0.25) is 0 Å². The fourth-order valence-corrected chi connectivity index (χ4v) is 2.38. The summed E-state index contributed by atoms with van der Waals surface area (Å²) in [5.74, 6) is 0. The van der Waals surface area contributed by atoms with E-state index < -0.39 is 0 Å². The van der Waals surface area contributed by atoms with Crippen molar-refractivity contribution in [2.75, 3.05) is 18.5 Å². The molecule has 1 aromatic rings. The van der Waals surface area contributed by atoms with E-state index in [9.17, 15) is 0 Å². The van der Waals surface area contributed by atoms with Crippen molar-refractivity contribution in [1.29, 1.82) is 0 Å². The van der Waals surface area contributed by atoms with Crippen LogP contribution in [0, 0.1) is 0 Å². The molecule has 1 aromatic carbocycles. The van der Waals surface area contributed by atoms with Gasteiger partial charge in [0.2, 0.25) is 0 Å². The highest BCUT2D eigenvalue weighted by molar-refractivity contribution is 9.10. The zero-order chi connectivity index (χ0) is 12.1. The smallest absolute Gasteiger partial charge is 0.0510 e. The molecule has 0 amide bonds. The van der Waals surface area contributed by atoms with Gasteiger partial charge >= 0.3 is 0 Å². The van der Waals surface area contributed by atoms with Gasteiger partial charge in [-0.2, -0.15) is 0 Å².